The number of aromatic nitrogens is 4. The number of hydrogen-bond donors (Lipinski definition) is 2. The Morgan fingerprint density at radius 3 is 2.69 bits per heavy atom. The molecular weight excluding hydrogens is 332 g/mol. The molecule has 4 aromatic rings. The van der Waals surface area contributed by atoms with Crippen molar-refractivity contribution in [3.05, 3.63) is 64.6 Å². The largest absolute Gasteiger partial charge is 0.381 e. The van der Waals surface area contributed by atoms with Crippen LogP contribution in [0.4, 0.5) is 11.5 Å². The Hall–Kier alpha value is -3.68. The zero-order valence-corrected chi connectivity index (χ0v) is 14.0. The molecule has 2 aromatic carbocycles. The van der Waals surface area contributed by atoms with E-state index >= 15 is 0 Å². The zero-order valence-electron chi connectivity index (χ0n) is 14.0. The first-order valence-corrected chi connectivity index (χ1v) is 8.03. The Bertz CT molecular complexity index is 1190. The molecule has 0 aliphatic carbocycles. The quantitative estimate of drug-likeness (QED) is 0.585. The Kier molecular flexibility index (Phi) is 3.65. The zero-order chi connectivity index (χ0) is 18.3. The van der Waals surface area contributed by atoms with Crippen molar-refractivity contribution in [1.82, 2.24) is 19.2 Å². The molecule has 0 unspecified atom stereocenters. The SMILES string of the molecule is CC(=O)Nc1ccc2c(c1)nc(N)c1nn(Cc3ccccc3)c(=O)n12. The number of amides is 1. The highest BCUT2D eigenvalue weighted by molar-refractivity contribution is 5.92. The summed E-state index contributed by atoms with van der Waals surface area (Å²) in [6, 6.07) is 14.7. The number of benzene rings is 2. The molecule has 0 atom stereocenters. The van der Waals surface area contributed by atoms with Gasteiger partial charge in [-0.1, -0.05) is 30.3 Å². The van der Waals surface area contributed by atoms with Gasteiger partial charge in [0.2, 0.25) is 11.6 Å². The lowest BCUT2D eigenvalue weighted by atomic mass is 10.2. The Labute approximate surface area is 147 Å². The number of hydrogen-bond acceptors (Lipinski definition) is 5. The van der Waals surface area contributed by atoms with Crippen molar-refractivity contribution in [2.45, 2.75) is 13.5 Å². The molecule has 0 saturated carbocycles. The molecule has 8 heteroatoms. The van der Waals surface area contributed by atoms with Gasteiger partial charge < -0.3 is 11.1 Å². The van der Waals surface area contributed by atoms with E-state index in [0.29, 0.717) is 28.9 Å². The van der Waals surface area contributed by atoms with E-state index in [2.05, 4.69) is 15.4 Å². The minimum atomic E-state index is -0.296. The number of carbonyl (C=O) groups is 1. The molecule has 8 nitrogen and oxygen atoms in total. The van der Waals surface area contributed by atoms with Gasteiger partial charge in [0.25, 0.3) is 0 Å². The molecule has 2 aromatic heterocycles. The highest BCUT2D eigenvalue weighted by Crippen LogP contribution is 2.20. The summed E-state index contributed by atoms with van der Waals surface area (Å²) in [5.74, 6) is -0.0346. The van der Waals surface area contributed by atoms with Crippen LogP contribution in [0.5, 0.6) is 0 Å². The fourth-order valence-corrected chi connectivity index (χ4v) is 2.91. The van der Waals surface area contributed by atoms with Gasteiger partial charge in [0.15, 0.2) is 5.82 Å². The maximum Gasteiger partial charge on any atom is 0.351 e. The van der Waals surface area contributed by atoms with Gasteiger partial charge in [-0.05, 0) is 23.8 Å². The summed E-state index contributed by atoms with van der Waals surface area (Å²) in [7, 11) is 0. The van der Waals surface area contributed by atoms with Crippen molar-refractivity contribution in [3.8, 4) is 0 Å². The van der Waals surface area contributed by atoms with Gasteiger partial charge in [-0.3, -0.25) is 4.79 Å². The van der Waals surface area contributed by atoms with Gasteiger partial charge in [-0.25, -0.2) is 18.9 Å². The van der Waals surface area contributed by atoms with Crippen molar-refractivity contribution in [2.24, 2.45) is 0 Å². The lowest BCUT2D eigenvalue weighted by Crippen LogP contribution is -2.22. The van der Waals surface area contributed by atoms with Crippen LogP contribution in [0.3, 0.4) is 0 Å². The van der Waals surface area contributed by atoms with Crippen molar-refractivity contribution < 1.29 is 4.79 Å². The Morgan fingerprint density at radius 2 is 1.96 bits per heavy atom. The fraction of sp³-hybridized carbons (Fsp3) is 0.111. The molecule has 4 rings (SSSR count). The van der Waals surface area contributed by atoms with E-state index in [0.717, 1.165) is 5.56 Å². The van der Waals surface area contributed by atoms with Crippen molar-refractivity contribution >= 4 is 34.1 Å². The summed E-state index contributed by atoms with van der Waals surface area (Å²) in [6.45, 7) is 1.76. The van der Waals surface area contributed by atoms with E-state index in [4.69, 9.17) is 5.73 Å². The van der Waals surface area contributed by atoms with Gasteiger partial charge in [0.1, 0.15) is 0 Å². The second kappa shape index (κ2) is 5.99. The van der Waals surface area contributed by atoms with Crippen LogP contribution in [0.15, 0.2) is 53.3 Å². The van der Waals surface area contributed by atoms with E-state index in [1.807, 2.05) is 30.3 Å². The van der Waals surface area contributed by atoms with Crippen LogP contribution in [0.2, 0.25) is 0 Å². The second-order valence-electron chi connectivity index (χ2n) is 5.97. The average molecular weight is 348 g/mol. The lowest BCUT2D eigenvalue weighted by Gasteiger charge is -2.06. The maximum atomic E-state index is 12.9. The highest BCUT2D eigenvalue weighted by Gasteiger charge is 2.15. The summed E-state index contributed by atoms with van der Waals surface area (Å²) in [5.41, 5.74) is 8.65. The number of rotatable bonds is 3. The molecule has 3 N–H and O–H groups in total. The smallest absolute Gasteiger partial charge is 0.351 e. The number of carbonyl (C=O) groups excluding carboxylic acids is 1. The van der Waals surface area contributed by atoms with Gasteiger partial charge in [-0.15, -0.1) is 5.10 Å². The first-order valence-electron chi connectivity index (χ1n) is 8.03. The first kappa shape index (κ1) is 15.8. The fourth-order valence-electron chi connectivity index (χ4n) is 2.91. The van der Waals surface area contributed by atoms with Gasteiger partial charge in [0.05, 0.1) is 17.6 Å². The Balaban J connectivity index is 1.90. The van der Waals surface area contributed by atoms with Crippen molar-refractivity contribution in [2.75, 3.05) is 11.1 Å². The van der Waals surface area contributed by atoms with Gasteiger partial charge >= 0.3 is 5.69 Å². The van der Waals surface area contributed by atoms with E-state index in [1.165, 1.54) is 16.0 Å². The summed E-state index contributed by atoms with van der Waals surface area (Å²) in [4.78, 5) is 28.4. The Morgan fingerprint density at radius 1 is 1.19 bits per heavy atom. The third kappa shape index (κ3) is 2.67. The summed E-state index contributed by atoms with van der Waals surface area (Å²) in [5, 5.41) is 7.03. The molecule has 2 heterocycles. The number of nitrogens with two attached hydrogens (primary N) is 1. The van der Waals surface area contributed by atoms with Crippen molar-refractivity contribution in [1.29, 1.82) is 0 Å². The van der Waals surface area contributed by atoms with Crippen LogP contribution in [0.25, 0.3) is 16.7 Å². The standard InChI is InChI=1S/C18H16N6O2/c1-11(25)20-13-7-8-15-14(9-13)21-16(19)17-22-23(18(26)24(15)17)10-12-5-3-2-4-6-12/h2-9H,10H2,1H3,(H2,19,21)(H,20,25). The summed E-state index contributed by atoms with van der Waals surface area (Å²) in [6.07, 6.45) is 0. The van der Waals surface area contributed by atoms with Crippen LogP contribution < -0.4 is 16.7 Å². The monoisotopic (exact) mass is 348 g/mol. The maximum absolute atomic E-state index is 12.9. The third-order valence-electron chi connectivity index (χ3n) is 4.02. The minimum absolute atomic E-state index is 0.154. The molecule has 0 saturated heterocycles. The van der Waals surface area contributed by atoms with Crippen LogP contribution in [0.1, 0.15) is 12.5 Å². The topological polar surface area (TPSA) is 107 Å². The molecule has 130 valence electrons. The molecular formula is C18H16N6O2. The van der Waals surface area contributed by atoms with Gasteiger partial charge in [-0.2, -0.15) is 0 Å². The number of fused-ring (bicyclic) bond motifs is 3. The van der Waals surface area contributed by atoms with Crippen LogP contribution in [-0.4, -0.2) is 25.1 Å². The normalized spacial score (nSPS) is 11.1. The number of nitrogen functional groups attached to an aromatic ring is 1. The van der Waals surface area contributed by atoms with E-state index < -0.39 is 0 Å². The number of nitrogens with zero attached hydrogens (tertiary/aromatic N) is 4. The minimum Gasteiger partial charge on any atom is -0.381 e. The van der Waals surface area contributed by atoms with Crippen molar-refractivity contribution in [3.63, 3.8) is 0 Å². The third-order valence-corrected chi connectivity index (χ3v) is 4.02. The molecule has 0 spiro atoms. The molecule has 0 bridgehead atoms. The molecule has 26 heavy (non-hydrogen) atoms. The van der Waals surface area contributed by atoms with E-state index in [1.54, 1.807) is 18.2 Å². The predicted octanol–water partition coefficient (Wildman–Crippen LogP) is 1.63. The lowest BCUT2D eigenvalue weighted by molar-refractivity contribution is -0.114. The summed E-state index contributed by atoms with van der Waals surface area (Å²) < 4.78 is 2.81. The van der Waals surface area contributed by atoms with Crippen LogP contribution in [-0.2, 0) is 11.3 Å². The molecule has 0 aliphatic rings. The van der Waals surface area contributed by atoms with E-state index in [-0.39, 0.29) is 17.4 Å². The predicted molar refractivity (Wildman–Crippen MR) is 99.0 cm³/mol. The molecule has 1 amide bonds. The molecule has 0 fully saturated rings. The highest BCUT2D eigenvalue weighted by atomic mass is 16.2. The average Bonchev–Trinajstić information content (AvgIpc) is 2.93. The molecule has 0 aliphatic heterocycles. The van der Waals surface area contributed by atoms with Crippen LogP contribution >= 0.6 is 0 Å². The molecule has 0 radical (unpaired) electrons. The number of anilines is 2. The van der Waals surface area contributed by atoms with Gasteiger partial charge in [0, 0.05) is 12.6 Å². The first-order chi connectivity index (χ1) is 12.5. The van der Waals surface area contributed by atoms with Crippen LogP contribution in [0, 0.1) is 0 Å². The second-order valence-corrected chi connectivity index (χ2v) is 5.97. The summed E-state index contributed by atoms with van der Waals surface area (Å²) >= 11 is 0. The van der Waals surface area contributed by atoms with E-state index in [9.17, 15) is 9.59 Å². The number of nitrogens with one attached hydrogen (secondary N) is 1.